The summed E-state index contributed by atoms with van der Waals surface area (Å²) in [6, 6.07) is 0. The molecule has 0 unspecified atom stereocenters. The molecule has 0 radical (unpaired) electrons. The molecule has 0 aromatic carbocycles. The molecule has 1 aromatic heterocycles. The van der Waals surface area contributed by atoms with Crippen molar-refractivity contribution in [3.05, 3.63) is 17.5 Å². The summed E-state index contributed by atoms with van der Waals surface area (Å²) < 4.78 is 30.2. The molecule has 78 valence electrons. The first kappa shape index (κ1) is 10.6. The molecule has 0 fully saturated rings. The Morgan fingerprint density at radius 1 is 1.79 bits per heavy atom. The van der Waals surface area contributed by atoms with Crippen LogP contribution in [0.2, 0.25) is 0 Å². The second-order valence-corrected chi connectivity index (χ2v) is 2.50. The Morgan fingerprint density at radius 3 is 2.79 bits per heavy atom. The average molecular weight is 206 g/mol. The maximum Gasteiger partial charge on any atom is 0.356 e. The topological polar surface area (TPSA) is 64.3 Å². The van der Waals surface area contributed by atoms with Crippen LogP contribution in [0.4, 0.5) is 8.78 Å². The third-order valence-electron chi connectivity index (χ3n) is 1.49. The highest BCUT2D eigenvalue weighted by atomic mass is 19.3. The quantitative estimate of drug-likeness (QED) is 0.801. The number of aromatic carboxylic acids is 1. The van der Waals surface area contributed by atoms with E-state index in [1.807, 2.05) is 0 Å². The van der Waals surface area contributed by atoms with E-state index in [-0.39, 0.29) is 6.73 Å². The highest BCUT2D eigenvalue weighted by molar-refractivity contribution is 5.87. The Labute approximate surface area is 77.9 Å². The van der Waals surface area contributed by atoms with Crippen LogP contribution in [-0.2, 0) is 11.5 Å². The summed E-state index contributed by atoms with van der Waals surface area (Å²) in [6.07, 6.45) is -1.90. The largest absolute Gasteiger partial charge is 0.476 e. The lowest BCUT2D eigenvalue weighted by molar-refractivity contribution is 0.0674. The number of rotatable bonds is 4. The second kappa shape index (κ2) is 4.14. The zero-order valence-electron chi connectivity index (χ0n) is 7.28. The average Bonchev–Trinajstić information content (AvgIpc) is 2.49. The van der Waals surface area contributed by atoms with Crippen molar-refractivity contribution in [2.75, 3.05) is 7.11 Å². The lowest BCUT2D eigenvalue weighted by atomic mass is 10.2. The maximum absolute atomic E-state index is 12.3. The number of methoxy groups -OCH3 is 1. The van der Waals surface area contributed by atoms with Gasteiger partial charge in [-0.3, -0.25) is 0 Å². The number of carboxylic acid groups (broad SMARTS) is 1. The molecule has 1 N–H and O–H groups in total. The summed E-state index contributed by atoms with van der Waals surface area (Å²) in [5.74, 6) is -1.48. The number of ether oxygens (including phenoxy) is 1. The predicted octanol–water partition coefficient (Wildman–Crippen LogP) is 1.12. The van der Waals surface area contributed by atoms with Crippen molar-refractivity contribution >= 4 is 5.97 Å². The van der Waals surface area contributed by atoms with Gasteiger partial charge in [-0.15, -0.1) is 0 Å². The Balaban J connectivity index is 3.06. The van der Waals surface area contributed by atoms with Crippen LogP contribution in [-0.4, -0.2) is 28.0 Å². The summed E-state index contributed by atoms with van der Waals surface area (Å²) in [5, 5.41) is 12.0. The minimum atomic E-state index is -2.85. The van der Waals surface area contributed by atoms with Gasteiger partial charge >= 0.3 is 5.97 Å². The van der Waals surface area contributed by atoms with Crippen LogP contribution < -0.4 is 0 Å². The van der Waals surface area contributed by atoms with Crippen molar-refractivity contribution in [2.24, 2.45) is 0 Å². The number of alkyl halides is 2. The molecule has 7 heteroatoms. The first-order valence-electron chi connectivity index (χ1n) is 3.64. The van der Waals surface area contributed by atoms with Crippen LogP contribution in [0.3, 0.4) is 0 Å². The van der Waals surface area contributed by atoms with Gasteiger partial charge in [-0.2, -0.15) is 5.10 Å². The lowest BCUT2D eigenvalue weighted by Crippen LogP contribution is -2.04. The molecule has 0 bridgehead atoms. The van der Waals surface area contributed by atoms with Gasteiger partial charge in [0.1, 0.15) is 6.73 Å². The summed E-state index contributed by atoms with van der Waals surface area (Å²) in [4.78, 5) is 10.5. The van der Waals surface area contributed by atoms with Gasteiger partial charge in [0.15, 0.2) is 5.69 Å². The van der Waals surface area contributed by atoms with Gasteiger partial charge in [0, 0.05) is 13.3 Å². The minimum absolute atomic E-state index is 0.0625. The number of hydrogen-bond acceptors (Lipinski definition) is 3. The molecule has 0 aliphatic carbocycles. The molecule has 0 aliphatic heterocycles. The van der Waals surface area contributed by atoms with Crippen molar-refractivity contribution in [1.82, 2.24) is 9.78 Å². The summed E-state index contributed by atoms with van der Waals surface area (Å²) in [7, 11) is 1.35. The molecule has 1 aromatic rings. The third kappa shape index (κ3) is 2.05. The monoisotopic (exact) mass is 206 g/mol. The van der Waals surface area contributed by atoms with Crippen molar-refractivity contribution in [1.29, 1.82) is 0 Å². The Hall–Kier alpha value is -1.50. The minimum Gasteiger partial charge on any atom is -0.476 e. The molecule has 1 rings (SSSR count). The number of carbonyl (C=O) groups is 1. The summed E-state index contributed by atoms with van der Waals surface area (Å²) in [5.41, 5.74) is -1.24. The number of nitrogens with zero attached hydrogens (tertiary/aromatic N) is 2. The summed E-state index contributed by atoms with van der Waals surface area (Å²) in [6.45, 7) is -0.0625. The van der Waals surface area contributed by atoms with Crippen LogP contribution in [0.15, 0.2) is 6.20 Å². The third-order valence-corrected chi connectivity index (χ3v) is 1.49. The van der Waals surface area contributed by atoms with E-state index in [2.05, 4.69) is 9.84 Å². The highest BCUT2D eigenvalue weighted by Crippen LogP contribution is 2.21. The molecule has 0 saturated heterocycles. The molecule has 0 aliphatic rings. The maximum atomic E-state index is 12.3. The van der Waals surface area contributed by atoms with E-state index in [0.717, 1.165) is 10.9 Å². The molecule has 14 heavy (non-hydrogen) atoms. The number of carboxylic acids is 1. The number of halogens is 2. The lowest BCUT2D eigenvalue weighted by Gasteiger charge is -1.95. The molecule has 5 nitrogen and oxygen atoms in total. The van der Waals surface area contributed by atoms with E-state index < -0.39 is 23.7 Å². The number of hydrogen-bond donors (Lipinski definition) is 1. The van der Waals surface area contributed by atoms with E-state index in [4.69, 9.17) is 5.11 Å². The predicted molar refractivity (Wildman–Crippen MR) is 41.2 cm³/mol. The highest BCUT2D eigenvalue weighted by Gasteiger charge is 2.22. The van der Waals surface area contributed by atoms with Crippen LogP contribution in [0, 0.1) is 0 Å². The fourth-order valence-electron chi connectivity index (χ4n) is 0.961. The van der Waals surface area contributed by atoms with E-state index in [0.29, 0.717) is 0 Å². The van der Waals surface area contributed by atoms with Gasteiger partial charge in [0.05, 0.1) is 5.56 Å². The first-order valence-corrected chi connectivity index (χ1v) is 3.64. The van der Waals surface area contributed by atoms with Gasteiger partial charge < -0.3 is 9.84 Å². The van der Waals surface area contributed by atoms with Crippen LogP contribution in [0.5, 0.6) is 0 Å². The van der Waals surface area contributed by atoms with E-state index >= 15 is 0 Å². The molecule has 0 atom stereocenters. The van der Waals surface area contributed by atoms with E-state index in [9.17, 15) is 13.6 Å². The molecule has 1 heterocycles. The molecule has 0 spiro atoms. The fourth-order valence-corrected chi connectivity index (χ4v) is 0.961. The molecule has 0 saturated carbocycles. The van der Waals surface area contributed by atoms with Crippen molar-refractivity contribution in [3.63, 3.8) is 0 Å². The van der Waals surface area contributed by atoms with Crippen molar-refractivity contribution in [2.45, 2.75) is 13.2 Å². The van der Waals surface area contributed by atoms with Crippen LogP contribution in [0.25, 0.3) is 0 Å². The summed E-state index contributed by atoms with van der Waals surface area (Å²) >= 11 is 0. The van der Waals surface area contributed by atoms with Gasteiger partial charge in [-0.25, -0.2) is 18.3 Å². The van der Waals surface area contributed by atoms with E-state index in [1.54, 1.807) is 0 Å². The van der Waals surface area contributed by atoms with E-state index in [1.165, 1.54) is 7.11 Å². The van der Waals surface area contributed by atoms with Gasteiger partial charge in [0.2, 0.25) is 0 Å². The standard InChI is InChI=1S/C7H8F2N2O3/c1-14-3-11-2-4(6(8)9)5(10-11)7(12)13/h2,6H,3H2,1H3,(H,12,13). The zero-order valence-corrected chi connectivity index (χ0v) is 7.28. The molecular formula is C7H8F2N2O3. The normalized spacial score (nSPS) is 10.9. The molecule has 0 amide bonds. The fraction of sp³-hybridized carbons (Fsp3) is 0.429. The van der Waals surface area contributed by atoms with Crippen molar-refractivity contribution < 1.29 is 23.4 Å². The van der Waals surface area contributed by atoms with Crippen LogP contribution in [0.1, 0.15) is 22.5 Å². The van der Waals surface area contributed by atoms with Gasteiger partial charge in [-0.05, 0) is 0 Å². The van der Waals surface area contributed by atoms with Crippen molar-refractivity contribution in [3.8, 4) is 0 Å². The first-order chi connectivity index (χ1) is 6.56. The second-order valence-electron chi connectivity index (χ2n) is 2.50. The Bertz CT molecular complexity index is 338. The van der Waals surface area contributed by atoms with Gasteiger partial charge in [-0.1, -0.05) is 0 Å². The molecular weight excluding hydrogens is 198 g/mol. The zero-order chi connectivity index (χ0) is 10.7. The smallest absolute Gasteiger partial charge is 0.356 e. The number of aromatic nitrogens is 2. The Kier molecular flexibility index (Phi) is 3.13. The van der Waals surface area contributed by atoms with Gasteiger partial charge in [0.25, 0.3) is 6.43 Å². The SMILES string of the molecule is COCn1cc(C(F)F)c(C(=O)O)n1. The van der Waals surface area contributed by atoms with Crippen LogP contribution >= 0.6 is 0 Å². The Morgan fingerprint density at radius 2 is 2.43 bits per heavy atom.